The lowest BCUT2D eigenvalue weighted by Gasteiger charge is -2.36. The van der Waals surface area contributed by atoms with Crippen molar-refractivity contribution < 1.29 is 0 Å². The Balaban J connectivity index is 1.74. The van der Waals surface area contributed by atoms with Crippen molar-refractivity contribution in [3.8, 4) is 0 Å². The van der Waals surface area contributed by atoms with Crippen LogP contribution in [0.1, 0.15) is 58.2 Å². The zero-order chi connectivity index (χ0) is 13.5. The van der Waals surface area contributed by atoms with E-state index in [9.17, 15) is 0 Å². The number of fused-ring (bicyclic) bond motifs is 1. The van der Waals surface area contributed by atoms with E-state index < -0.39 is 0 Å². The number of para-hydroxylation sites is 2. The molecule has 1 heterocycles. The second-order valence-electron chi connectivity index (χ2n) is 7.05. The molecule has 1 aliphatic rings. The van der Waals surface area contributed by atoms with E-state index in [-0.39, 0.29) is 0 Å². The SMILES string of the molecule is CC(C)(C)C1CCC(c2nc3ccccc3[nH]2)CC1. The maximum absolute atomic E-state index is 4.77. The molecule has 0 spiro atoms. The summed E-state index contributed by atoms with van der Waals surface area (Å²) < 4.78 is 0. The molecule has 1 fully saturated rings. The molecule has 1 aromatic carbocycles. The second kappa shape index (κ2) is 4.66. The van der Waals surface area contributed by atoms with Gasteiger partial charge in [-0.1, -0.05) is 32.9 Å². The van der Waals surface area contributed by atoms with Crippen LogP contribution in [0.3, 0.4) is 0 Å². The Morgan fingerprint density at radius 3 is 2.37 bits per heavy atom. The Hall–Kier alpha value is -1.31. The maximum Gasteiger partial charge on any atom is 0.110 e. The van der Waals surface area contributed by atoms with Crippen molar-refractivity contribution in [2.45, 2.75) is 52.4 Å². The second-order valence-corrected chi connectivity index (χ2v) is 7.05. The van der Waals surface area contributed by atoms with Crippen LogP contribution >= 0.6 is 0 Å². The Bertz CT molecular complexity index is 521. The van der Waals surface area contributed by atoms with Crippen LogP contribution in [0.2, 0.25) is 0 Å². The Kier molecular flexibility index (Phi) is 3.12. The number of H-pyrrole nitrogens is 1. The first-order valence-corrected chi connectivity index (χ1v) is 7.48. The predicted octanol–water partition coefficient (Wildman–Crippen LogP) is 4.88. The van der Waals surface area contributed by atoms with Crippen molar-refractivity contribution in [3.05, 3.63) is 30.1 Å². The molecule has 0 unspecified atom stereocenters. The minimum atomic E-state index is 0.457. The normalized spacial score (nSPS) is 24.8. The van der Waals surface area contributed by atoms with Gasteiger partial charge in [-0.2, -0.15) is 0 Å². The van der Waals surface area contributed by atoms with Crippen LogP contribution in [-0.2, 0) is 0 Å². The molecule has 19 heavy (non-hydrogen) atoms. The molecule has 0 radical (unpaired) electrons. The van der Waals surface area contributed by atoms with Gasteiger partial charge in [-0.3, -0.25) is 0 Å². The van der Waals surface area contributed by atoms with Gasteiger partial charge in [0.25, 0.3) is 0 Å². The zero-order valence-corrected chi connectivity index (χ0v) is 12.2. The number of aromatic amines is 1. The molecule has 1 N–H and O–H groups in total. The Morgan fingerprint density at radius 2 is 1.74 bits per heavy atom. The van der Waals surface area contributed by atoms with Crippen LogP contribution in [0.5, 0.6) is 0 Å². The van der Waals surface area contributed by atoms with Crippen LogP contribution in [0.15, 0.2) is 24.3 Å². The highest BCUT2D eigenvalue weighted by atomic mass is 14.9. The average Bonchev–Trinajstić information content (AvgIpc) is 2.81. The van der Waals surface area contributed by atoms with Crippen molar-refractivity contribution in [1.82, 2.24) is 9.97 Å². The molecule has 0 amide bonds. The van der Waals surface area contributed by atoms with Gasteiger partial charge in [0.2, 0.25) is 0 Å². The van der Waals surface area contributed by atoms with Gasteiger partial charge < -0.3 is 4.98 Å². The van der Waals surface area contributed by atoms with Gasteiger partial charge in [0.15, 0.2) is 0 Å². The molecule has 2 aromatic rings. The summed E-state index contributed by atoms with van der Waals surface area (Å²) in [6.45, 7) is 7.12. The first kappa shape index (κ1) is 12.7. The van der Waals surface area contributed by atoms with Gasteiger partial charge in [-0.25, -0.2) is 4.98 Å². The van der Waals surface area contributed by atoms with Crippen molar-refractivity contribution in [1.29, 1.82) is 0 Å². The van der Waals surface area contributed by atoms with Gasteiger partial charge in [-0.15, -0.1) is 0 Å². The highest BCUT2D eigenvalue weighted by molar-refractivity contribution is 5.74. The number of benzene rings is 1. The van der Waals surface area contributed by atoms with E-state index in [1.807, 2.05) is 0 Å². The topological polar surface area (TPSA) is 28.7 Å². The van der Waals surface area contributed by atoms with Crippen LogP contribution in [-0.4, -0.2) is 9.97 Å². The summed E-state index contributed by atoms with van der Waals surface area (Å²) in [5.41, 5.74) is 2.74. The number of imidazole rings is 1. The van der Waals surface area contributed by atoms with E-state index >= 15 is 0 Å². The average molecular weight is 256 g/mol. The van der Waals surface area contributed by atoms with Crippen LogP contribution in [0.4, 0.5) is 0 Å². The summed E-state index contributed by atoms with van der Waals surface area (Å²) in [5.74, 6) is 2.70. The maximum atomic E-state index is 4.77. The highest BCUT2D eigenvalue weighted by Crippen LogP contribution is 2.42. The molecule has 2 nitrogen and oxygen atoms in total. The highest BCUT2D eigenvalue weighted by Gasteiger charge is 2.31. The molecule has 0 atom stereocenters. The number of aromatic nitrogens is 2. The van der Waals surface area contributed by atoms with E-state index in [2.05, 4.69) is 50.0 Å². The first-order valence-electron chi connectivity index (χ1n) is 7.48. The molecule has 0 bridgehead atoms. The standard InChI is InChI=1S/C17H24N2/c1-17(2,3)13-10-8-12(9-11-13)16-18-14-6-4-5-7-15(14)19-16/h4-7,12-13H,8-11H2,1-3H3,(H,18,19). The number of hydrogen-bond acceptors (Lipinski definition) is 1. The van der Waals surface area contributed by atoms with E-state index in [0.29, 0.717) is 11.3 Å². The summed E-state index contributed by atoms with van der Waals surface area (Å²) in [7, 11) is 0. The largest absolute Gasteiger partial charge is 0.342 e. The fraction of sp³-hybridized carbons (Fsp3) is 0.588. The smallest absolute Gasteiger partial charge is 0.110 e. The molecule has 3 rings (SSSR count). The summed E-state index contributed by atoms with van der Waals surface area (Å²) in [4.78, 5) is 8.28. The number of hydrogen-bond donors (Lipinski definition) is 1. The third kappa shape index (κ3) is 2.54. The van der Waals surface area contributed by atoms with E-state index in [1.165, 1.54) is 37.0 Å². The van der Waals surface area contributed by atoms with Crippen molar-refractivity contribution >= 4 is 11.0 Å². The lowest BCUT2D eigenvalue weighted by molar-refractivity contribution is 0.167. The lowest BCUT2D eigenvalue weighted by Crippen LogP contribution is -2.25. The molecular formula is C17H24N2. The minimum absolute atomic E-state index is 0.457. The number of nitrogens with zero attached hydrogens (tertiary/aromatic N) is 1. The molecule has 102 valence electrons. The Morgan fingerprint density at radius 1 is 1.05 bits per heavy atom. The Labute approximate surface area is 115 Å². The van der Waals surface area contributed by atoms with Crippen molar-refractivity contribution in [2.75, 3.05) is 0 Å². The molecule has 2 heteroatoms. The first-order chi connectivity index (χ1) is 9.04. The minimum Gasteiger partial charge on any atom is -0.342 e. The third-order valence-electron chi connectivity index (χ3n) is 4.75. The fourth-order valence-electron chi connectivity index (χ4n) is 3.40. The molecule has 0 aliphatic heterocycles. The number of rotatable bonds is 1. The van der Waals surface area contributed by atoms with Crippen LogP contribution < -0.4 is 0 Å². The van der Waals surface area contributed by atoms with Crippen LogP contribution in [0.25, 0.3) is 11.0 Å². The van der Waals surface area contributed by atoms with E-state index in [1.54, 1.807) is 0 Å². The fourth-order valence-corrected chi connectivity index (χ4v) is 3.40. The van der Waals surface area contributed by atoms with Gasteiger partial charge in [0, 0.05) is 5.92 Å². The van der Waals surface area contributed by atoms with Gasteiger partial charge in [0.05, 0.1) is 11.0 Å². The van der Waals surface area contributed by atoms with Crippen LogP contribution in [0, 0.1) is 11.3 Å². The molecule has 0 saturated heterocycles. The van der Waals surface area contributed by atoms with E-state index in [0.717, 1.165) is 11.4 Å². The molecule has 1 aliphatic carbocycles. The predicted molar refractivity (Wildman–Crippen MR) is 80.2 cm³/mol. The van der Waals surface area contributed by atoms with Gasteiger partial charge in [-0.05, 0) is 49.1 Å². The lowest BCUT2D eigenvalue weighted by atomic mass is 9.70. The summed E-state index contributed by atoms with van der Waals surface area (Å²) in [5, 5.41) is 0. The third-order valence-corrected chi connectivity index (χ3v) is 4.75. The summed E-state index contributed by atoms with van der Waals surface area (Å²) in [6.07, 6.45) is 5.24. The zero-order valence-electron chi connectivity index (χ0n) is 12.2. The van der Waals surface area contributed by atoms with Gasteiger partial charge >= 0.3 is 0 Å². The molecule has 1 aromatic heterocycles. The quantitative estimate of drug-likeness (QED) is 0.773. The van der Waals surface area contributed by atoms with E-state index in [4.69, 9.17) is 4.98 Å². The monoisotopic (exact) mass is 256 g/mol. The summed E-state index contributed by atoms with van der Waals surface area (Å²) in [6, 6.07) is 8.34. The molecule has 1 saturated carbocycles. The molecular weight excluding hydrogens is 232 g/mol. The van der Waals surface area contributed by atoms with Crippen molar-refractivity contribution in [2.24, 2.45) is 11.3 Å². The van der Waals surface area contributed by atoms with Gasteiger partial charge in [0.1, 0.15) is 5.82 Å². The van der Waals surface area contributed by atoms with Crippen molar-refractivity contribution in [3.63, 3.8) is 0 Å². The summed E-state index contributed by atoms with van der Waals surface area (Å²) >= 11 is 0. The number of nitrogens with one attached hydrogen (secondary N) is 1.